The zero-order chi connectivity index (χ0) is 23.7. The van der Waals surface area contributed by atoms with Crippen LogP contribution in [0.2, 0.25) is 0 Å². The van der Waals surface area contributed by atoms with E-state index in [-0.39, 0.29) is 37.2 Å². The van der Waals surface area contributed by atoms with Crippen LogP contribution in [0.4, 0.5) is 0 Å². The molecule has 1 saturated heterocycles. The molecule has 5 rings (SSSR count). The number of rotatable bonds is 6. The van der Waals surface area contributed by atoms with Crippen molar-refractivity contribution in [1.82, 2.24) is 14.5 Å². The monoisotopic (exact) mass is 481 g/mol. The number of hydrogen-bond acceptors (Lipinski definition) is 4. The Morgan fingerprint density at radius 3 is 1.97 bits per heavy atom. The van der Waals surface area contributed by atoms with Gasteiger partial charge in [-0.05, 0) is 85.0 Å². The molecule has 0 atom stereocenters. The second-order valence-corrected chi connectivity index (χ2v) is 11.5. The highest BCUT2D eigenvalue weighted by molar-refractivity contribution is 7.89. The molecule has 1 N–H and O–H groups in total. The number of nitrogens with zero attached hydrogens (tertiary/aromatic N) is 2. The van der Waals surface area contributed by atoms with Gasteiger partial charge in [-0.3, -0.25) is 9.59 Å². The average Bonchev–Trinajstić information content (AvgIpc) is 3.51. The second kappa shape index (κ2) is 9.50. The zero-order valence-corrected chi connectivity index (χ0v) is 20.2. The lowest BCUT2D eigenvalue weighted by atomic mass is 10.1. The van der Waals surface area contributed by atoms with Gasteiger partial charge in [0.15, 0.2) is 0 Å². The molecule has 7 nitrogen and oxygen atoms in total. The Balaban J connectivity index is 1.11. The van der Waals surface area contributed by atoms with Crippen LogP contribution in [0, 0.1) is 0 Å². The van der Waals surface area contributed by atoms with Gasteiger partial charge in [-0.1, -0.05) is 12.1 Å². The number of sulfonamides is 1. The summed E-state index contributed by atoms with van der Waals surface area (Å²) in [6, 6.07) is 11.7. The van der Waals surface area contributed by atoms with Gasteiger partial charge in [-0.15, -0.1) is 0 Å². The van der Waals surface area contributed by atoms with Crippen molar-refractivity contribution in [3.05, 3.63) is 69.8 Å². The molecule has 3 aliphatic rings. The number of carbonyl (C=O) groups is 2. The van der Waals surface area contributed by atoms with Gasteiger partial charge in [0.25, 0.3) is 11.8 Å². The number of fused-ring (bicyclic) bond motifs is 2. The van der Waals surface area contributed by atoms with Crippen molar-refractivity contribution in [2.75, 3.05) is 38.5 Å². The van der Waals surface area contributed by atoms with Crippen molar-refractivity contribution in [3.8, 4) is 0 Å². The molecule has 0 radical (unpaired) electrons. The van der Waals surface area contributed by atoms with E-state index in [2.05, 4.69) is 5.32 Å². The van der Waals surface area contributed by atoms with E-state index in [1.807, 2.05) is 36.4 Å². The SMILES string of the molecule is O=C(NCCS(=O)(=O)N1CCN(C(=O)c2ccc3c(c2)CCC3)CC1)c1ccc2c(c1)CCC2. The maximum absolute atomic E-state index is 12.9. The number of hydrogen-bond donors (Lipinski definition) is 1. The lowest BCUT2D eigenvalue weighted by Crippen LogP contribution is -2.51. The van der Waals surface area contributed by atoms with Crippen molar-refractivity contribution in [2.24, 2.45) is 0 Å². The van der Waals surface area contributed by atoms with Crippen molar-refractivity contribution in [3.63, 3.8) is 0 Å². The Labute approximate surface area is 201 Å². The Morgan fingerprint density at radius 1 is 0.765 bits per heavy atom. The summed E-state index contributed by atoms with van der Waals surface area (Å²) in [7, 11) is -3.51. The summed E-state index contributed by atoms with van der Waals surface area (Å²) in [5.74, 6) is -0.425. The lowest BCUT2D eigenvalue weighted by molar-refractivity contribution is 0.0697. The molecule has 1 heterocycles. The van der Waals surface area contributed by atoms with E-state index in [0.717, 1.165) is 38.5 Å². The minimum absolute atomic E-state index is 0.0339. The highest BCUT2D eigenvalue weighted by atomic mass is 32.2. The number of nitrogens with one attached hydrogen (secondary N) is 1. The molecule has 2 aromatic rings. The Hall–Kier alpha value is -2.71. The van der Waals surface area contributed by atoms with Crippen LogP contribution >= 0.6 is 0 Å². The van der Waals surface area contributed by atoms with Crippen molar-refractivity contribution in [2.45, 2.75) is 38.5 Å². The molecule has 2 aliphatic carbocycles. The van der Waals surface area contributed by atoms with E-state index in [1.165, 1.54) is 26.6 Å². The van der Waals surface area contributed by atoms with E-state index in [4.69, 9.17) is 0 Å². The van der Waals surface area contributed by atoms with Crippen LogP contribution in [0.15, 0.2) is 36.4 Å². The van der Waals surface area contributed by atoms with Crippen LogP contribution in [0.3, 0.4) is 0 Å². The third-order valence-corrected chi connectivity index (χ3v) is 9.14. The largest absolute Gasteiger partial charge is 0.351 e. The van der Waals surface area contributed by atoms with E-state index >= 15 is 0 Å². The molecule has 2 amide bonds. The highest BCUT2D eigenvalue weighted by Gasteiger charge is 2.29. The van der Waals surface area contributed by atoms with E-state index in [9.17, 15) is 18.0 Å². The van der Waals surface area contributed by atoms with Crippen molar-refractivity contribution < 1.29 is 18.0 Å². The maximum atomic E-state index is 12.9. The predicted octanol–water partition coefficient (Wildman–Crippen LogP) is 2.18. The molecule has 1 fully saturated rings. The third-order valence-electron chi connectivity index (χ3n) is 7.27. The first-order valence-electron chi connectivity index (χ1n) is 12.2. The summed E-state index contributed by atoms with van der Waals surface area (Å²) in [6.45, 7) is 1.36. The molecule has 0 unspecified atom stereocenters. The molecule has 1 aliphatic heterocycles. The normalized spacial score (nSPS) is 17.9. The summed E-state index contributed by atoms with van der Waals surface area (Å²) < 4.78 is 27.0. The molecule has 180 valence electrons. The van der Waals surface area contributed by atoms with Gasteiger partial charge in [-0.25, -0.2) is 8.42 Å². The van der Waals surface area contributed by atoms with Crippen molar-refractivity contribution in [1.29, 1.82) is 0 Å². The first kappa shape index (κ1) is 23.1. The number of benzene rings is 2. The zero-order valence-electron chi connectivity index (χ0n) is 19.4. The standard InChI is InChI=1S/C26H31N3O4S/c30-25(23-9-7-19-3-1-5-21(19)17-23)27-11-16-34(32,33)29-14-12-28(13-15-29)26(31)24-10-8-20-4-2-6-22(20)18-24/h7-10,17-18H,1-6,11-16H2,(H,27,30). The second-order valence-electron chi connectivity index (χ2n) is 9.44. The van der Waals surface area contributed by atoms with Crippen LogP contribution in [0.1, 0.15) is 55.8 Å². The van der Waals surface area contributed by atoms with E-state index in [1.54, 1.807) is 4.90 Å². The lowest BCUT2D eigenvalue weighted by Gasteiger charge is -2.34. The molecule has 8 heteroatoms. The number of carbonyl (C=O) groups excluding carboxylic acids is 2. The fourth-order valence-corrected chi connectivity index (χ4v) is 6.63. The van der Waals surface area contributed by atoms with Crippen LogP contribution in [0.5, 0.6) is 0 Å². The van der Waals surface area contributed by atoms with Gasteiger partial charge in [0.1, 0.15) is 0 Å². The number of aryl methyl sites for hydroxylation is 4. The summed E-state index contributed by atoms with van der Waals surface area (Å²) in [5, 5.41) is 2.74. The molecular formula is C26H31N3O4S. The van der Waals surface area contributed by atoms with E-state index < -0.39 is 10.0 Å². The van der Waals surface area contributed by atoms with Crippen LogP contribution in [-0.2, 0) is 35.7 Å². The summed E-state index contributed by atoms with van der Waals surface area (Å²) in [5.41, 5.74) is 6.37. The highest BCUT2D eigenvalue weighted by Crippen LogP contribution is 2.24. The fraction of sp³-hybridized carbons (Fsp3) is 0.462. The quantitative estimate of drug-likeness (QED) is 0.685. The molecular weight excluding hydrogens is 450 g/mol. The summed E-state index contributed by atoms with van der Waals surface area (Å²) >= 11 is 0. The molecule has 2 aromatic carbocycles. The topological polar surface area (TPSA) is 86.8 Å². The van der Waals surface area contributed by atoms with Gasteiger partial charge in [0.05, 0.1) is 5.75 Å². The Bertz CT molecular complexity index is 1220. The van der Waals surface area contributed by atoms with Gasteiger partial charge in [0.2, 0.25) is 10.0 Å². The van der Waals surface area contributed by atoms with Gasteiger partial charge < -0.3 is 10.2 Å². The predicted molar refractivity (Wildman–Crippen MR) is 131 cm³/mol. The Kier molecular flexibility index (Phi) is 6.44. The first-order valence-corrected chi connectivity index (χ1v) is 13.8. The number of piperazine rings is 1. The average molecular weight is 482 g/mol. The van der Waals surface area contributed by atoms with Gasteiger partial charge in [-0.2, -0.15) is 4.31 Å². The van der Waals surface area contributed by atoms with Gasteiger partial charge >= 0.3 is 0 Å². The van der Waals surface area contributed by atoms with E-state index in [0.29, 0.717) is 24.2 Å². The Morgan fingerprint density at radius 2 is 1.32 bits per heavy atom. The van der Waals surface area contributed by atoms with Crippen LogP contribution < -0.4 is 5.32 Å². The number of amides is 2. The minimum atomic E-state index is -3.51. The smallest absolute Gasteiger partial charge is 0.253 e. The summed E-state index contributed by atoms with van der Waals surface area (Å²) in [6.07, 6.45) is 6.40. The van der Waals surface area contributed by atoms with Crippen LogP contribution in [0.25, 0.3) is 0 Å². The molecule has 0 spiro atoms. The molecule has 0 aromatic heterocycles. The molecule has 34 heavy (non-hydrogen) atoms. The van der Waals surface area contributed by atoms with Crippen LogP contribution in [-0.4, -0.2) is 67.9 Å². The maximum Gasteiger partial charge on any atom is 0.253 e. The molecule has 0 bridgehead atoms. The van der Waals surface area contributed by atoms with Crippen molar-refractivity contribution >= 4 is 21.8 Å². The summed E-state index contributed by atoms with van der Waals surface area (Å²) in [4.78, 5) is 27.1. The molecule has 0 saturated carbocycles. The fourth-order valence-electron chi connectivity index (χ4n) is 5.29. The third kappa shape index (κ3) is 4.74. The first-order chi connectivity index (χ1) is 16.4. The van der Waals surface area contributed by atoms with Gasteiger partial charge in [0, 0.05) is 43.9 Å². The minimum Gasteiger partial charge on any atom is -0.351 e.